The van der Waals surface area contributed by atoms with Gasteiger partial charge in [0.05, 0.1) is 21.3 Å². The Hall–Kier alpha value is -3.54. The zero-order valence-corrected chi connectivity index (χ0v) is 19.7. The summed E-state index contributed by atoms with van der Waals surface area (Å²) in [6, 6.07) is 15.6. The highest BCUT2D eigenvalue weighted by molar-refractivity contribution is 5.82. The summed E-state index contributed by atoms with van der Waals surface area (Å²) < 4.78 is 36.2. The number of hydrogen-bond donors (Lipinski definition) is 0. The highest BCUT2D eigenvalue weighted by atomic mass is 19.1. The number of methoxy groups -OCH3 is 3. The lowest BCUT2D eigenvalue weighted by Crippen LogP contribution is -1.95. The van der Waals surface area contributed by atoms with Crippen LogP contribution in [0.25, 0.3) is 33.7 Å². The minimum absolute atomic E-state index is 0.286. The molecule has 0 aliphatic rings. The fourth-order valence-electron chi connectivity index (χ4n) is 3.12. The van der Waals surface area contributed by atoms with Crippen LogP contribution in [0.4, 0.5) is 4.39 Å². The second-order valence-electron chi connectivity index (χ2n) is 6.10. The van der Waals surface area contributed by atoms with E-state index in [1.807, 2.05) is 39.8 Å². The first kappa shape index (κ1) is 24.7. The summed E-state index contributed by atoms with van der Waals surface area (Å²) >= 11 is 0. The summed E-state index contributed by atoms with van der Waals surface area (Å²) in [5.41, 5.74) is 3.14. The number of ether oxygens (including phenoxy) is 3. The van der Waals surface area contributed by atoms with E-state index in [0.717, 1.165) is 5.56 Å². The average Bonchev–Trinajstić information content (AvgIpc) is 3.29. The molecular weight excluding hydrogens is 409 g/mol. The molecule has 0 saturated heterocycles. The molecule has 170 valence electrons. The van der Waals surface area contributed by atoms with Gasteiger partial charge in [-0.3, -0.25) is 0 Å². The van der Waals surface area contributed by atoms with E-state index in [2.05, 4.69) is 4.98 Å². The van der Waals surface area contributed by atoms with Crippen molar-refractivity contribution in [2.75, 3.05) is 21.3 Å². The maximum absolute atomic E-state index is 14.1. The summed E-state index contributed by atoms with van der Waals surface area (Å²) in [4.78, 5) is 4.53. The molecule has 32 heavy (non-hydrogen) atoms. The van der Waals surface area contributed by atoms with Crippen molar-refractivity contribution in [1.82, 2.24) is 4.98 Å². The van der Waals surface area contributed by atoms with E-state index in [4.69, 9.17) is 18.6 Å². The van der Waals surface area contributed by atoms with Crippen LogP contribution in [0.2, 0.25) is 0 Å². The largest absolute Gasteiger partial charge is 0.493 e. The Labute approximate surface area is 188 Å². The molecule has 0 fully saturated rings. The number of hydrogen-bond acceptors (Lipinski definition) is 5. The highest BCUT2D eigenvalue weighted by Gasteiger charge is 2.17. The van der Waals surface area contributed by atoms with Crippen LogP contribution < -0.4 is 14.2 Å². The third-order valence-corrected chi connectivity index (χ3v) is 4.48. The Bertz CT molecular complexity index is 1130. The van der Waals surface area contributed by atoms with E-state index in [0.29, 0.717) is 45.4 Å². The highest BCUT2D eigenvalue weighted by Crippen LogP contribution is 2.41. The molecule has 0 saturated carbocycles. The van der Waals surface area contributed by atoms with Crippen molar-refractivity contribution in [1.29, 1.82) is 0 Å². The van der Waals surface area contributed by atoms with Crippen molar-refractivity contribution in [2.45, 2.75) is 27.7 Å². The summed E-state index contributed by atoms with van der Waals surface area (Å²) in [7, 11) is 4.64. The monoisotopic (exact) mass is 439 g/mol. The van der Waals surface area contributed by atoms with Crippen LogP contribution in [-0.4, -0.2) is 26.3 Å². The molecule has 0 atom stereocenters. The fourth-order valence-corrected chi connectivity index (χ4v) is 3.12. The lowest BCUT2D eigenvalue weighted by atomic mass is 10.1. The maximum atomic E-state index is 14.1. The Kier molecular flexibility index (Phi) is 9.08. The molecule has 0 radical (unpaired) electrons. The van der Waals surface area contributed by atoms with E-state index in [1.54, 1.807) is 57.7 Å². The summed E-state index contributed by atoms with van der Waals surface area (Å²) in [5.74, 6) is 1.62. The van der Waals surface area contributed by atoms with Gasteiger partial charge < -0.3 is 18.6 Å². The predicted molar refractivity (Wildman–Crippen MR) is 127 cm³/mol. The Morgan fingerprint density at radius 1 is 0.750 bits per heavy atom. The van der Waals surface area contributed by atoms with Crippen LogP contribution in [0.1, 0.15) is 27.7 Å². The Morgan fingerprint density at radius 2 is 1.38 bits per heavy atom. The molecule has 1 aromatic heterocycles. The molecule has 4 rings (SSSR count). The molecule has 0 aliphatic carbocycles. The van der Waals surface area contributed by atoms with Gasteiger partial charge in [0, 0.05) is 11.1 Å². The Morgan fingerprint density at radius 3 is 1.94 bits per heavy atom. The minimum Gasteiger partial charge on any atom is -0.493 e. The molecule has 4 aromatic rings. The predicted octanol–water partition coefficient (Wildman–Crippen LogP) is 7.38. The van der Waals surface area contributed by atoms with Crippen LogP contribution in [0, 0.1) is 5.82 Å². The first-order valence-corrected chi connectivity index (χ1v) is 10.6. The van der Waals surface area contributed by atoms with Crippen molar-refractivity contribution in [3.05, 3.63) is 60.4 Å². The van der Waals surface area contributed by atoms with Crippen molar-refractivity contribution >= 4 is 11.1 Å². The normalized spacial score (nSPS) is 9.88. The van der Waals surface area contributed by atoms with E-state index >= 15 is 0 Å². The topological polar surface area (TPSA) is 53.7 Å². The molecule has 5 nitrogen and oxygen atoms in total. The molecule has 0 aliphatic heterocycles. The van der Waals surface area contributed by atoms with E-state index in [9.17, 15) is 4.39 Å². The molecular formula is C26H30FNO4. The lowest BCUT2D eigenvalue weighted by molar-refractivity contribution is 0.324. The van der Waals surface area contributed by atoms with Crippen LogP contribution in [0.15, 0.2) is 59.0 Å². The molecule has 0 unspecified atom stereocenters. The van der Waals surface area contributed by atoms with Gasteiger partial charge in [0.2, 0.25) is 11.6 Å². The van der Waals surface area contributed by atoms with E-state index in [1.165, 1.54) is 6.07 Å². The summed E-state index contributed by atoms with van der Waals surface area (Å²) in [5, 5.41) is 0. The third kappa shape index (κ3) is 5.02. The first-order valence-electron chi connectivity index (χ1n) is 10.6. The maximum Gasteiger partial charge on any atom is 0.227 e. The van der Waals surface area contributed by atoms with Crippen molar-refractivity contribution in [2.24, 2.45) is 0 Å². The third-order valence-electron chi connectivity index (χ3n) is 4.48. The molecule has 3 aromatic carbocycles. The number of aromatic nitrogens is 1. The van der Waals surface area contributed by atoms with Gasteiger partial charge in [-0.05, 0) is 35.9 Å². The van der Waals surface area contributed by atoms with Gasteiger partial charge in [0.1, 0.15) is 11.3 Å². The molecule has 0 amide bonds. The Balaban J connectivity index is 0.000000860. The van der Waals surface area contributed by atoms with Crippen molar-refractivity contribution in [3.63, 3.8) is 0 Å². The number of rotatable bonds is 5. The summed E-state index contributed by atoms with van der Waals surface area (Å²) in [6.45, 7) is 8.00. The van der Waals surface area contributed by atoms with Crippen molar-refractivity contribution in [3.8, 4) is 39.8 Å². The van der Waals surface area contributed by atoms with E-state index in [-0.39, 0.29) is 5.82 Å². The standard InChI is InChI=1S/C22H18FNO4.2C2H6/c1-25-19-11-14(12-20(26-2)21(19)27-3)22-24-17-9-8-13(10-18(17)28-22)15-6-4-5-7-16(15)23;2*1-2/h4-12H,1-3H3;2*1-2H3. The molecule has 0 spiro atoms. The van der Waals surface area contributed by atoms with E-state index < -0.39 is 0 Å². The van der Waals surface area contributed by atoms with Gasteiger partial charge in [-0.15, -0.1) is 0 Å². The second-order valence-corrected chi connectivity index (χ2v) is 6.10. The van der Waals surface area contributed by atoms with Crippen LogP contribution in [0.5, 0.6) is 17.2 Å². The SMILES string of the molecule is CC.CC.COc1cc(-c2nc3ccc(-c4ccccc4F)cc3o2)cc(OC)c1OC. The smallest absolute Gasteiger partial charge is 0.227 e. The lowest BCUT2D eigenvalue weighted by Gasteiger charge is -2.12. The molecule has 1 heterocycles. The zero-order valence-electron chi connectivity index (χ0n) is 19.7. The summed E-state index contributed by atoms with van der Waals surface area (Å²) in [6.07, 6.45) is 0. The minimum atomic E-state index is -0.286. The molecule has 0 bridgehead atoms. The number of benzene rings is 3. The van der Waals surface area contributed by atoms with Gasteiger partial charge in [-0.1, -0.05) is 52.0 Å². The number of oxazole rings is 1. The van der Waals surface area contributed by atoms with Crippen LogP contribution >= 0.6 is 0 Å². The number of nitrogens with zero attached hydrogens (tertiary/aromatic N) is 1. The first-order chi connectivity index (χ1) is 15.6. The van der Waals surface area contributed by atoms with Crippen LogP contribution in [0.3, 0.4) is 0 Å². The van der Waals surface area contributed by atoms with Crippen LogP contribution in [-0.2, 0) is 0 Å². The quantitative estimate of drug-likeness (QED) is 0.325. The second kappa shape index (κ2) is 11.7. The van der Waals surface area contributed by atoms with Gasteiger partial charge >= 0.3 is 0 Å². The van der Waals surface area contributed by atoms with Gasteiger partial charge in [-0.2, -0.15) is 0 Å². The number of halogens is 1. The van der Waals surface area contributed by atoms with Gasteiger partial charge in [-0.25, -0.2) is 9.37 Å². The van der Waals surface area contributed by atoms with Crippen molar-refractivity contribution < 1.29 is 23.0 Å². The van der Waals surface area contributed by atoms with Gasteiger partial charge in [0.25, 0.3) is 0 Å². The molecule has 6 heteroatoms. The van der Waals surface area contributed by atoms with Gasteiger partial charge in [0.15, 0.2) is 17.1 Å². The average molecular weight is 440 g/mol. The number of fused-ring (bicyclic) bond motifs is 1. The zero-order chi connectivity index (χ0) is 23.7. The fraction of sp³-hybridized carbons (Fsp3) is 0.269. The molecule has 0 N–H and O–H groups in total.